The number of nitrogens with zero attached hydrogens (tertiary/aromatic N) is 1. The lowest BCUT2D eigenvalue weighted by Gasteiger charge is -2.21. The Morgan fingerprint density at radius 2 is 1.78 bits per heavy atom. The van der Waals surface area contributed by atoms with Crippen molar-refractivity contribution in [2.24, 2.45) is 0 Å². The maximum absolute atomic E-state index is 12.7. The van der Waals surface area contributed by atoms with Crippen molar-refractivity contribution in [2.45, 2.75) is 25.4 Å². The minimum atomic E-state index is -0.124. The van der Waals surface area contributed by atoms with E-state index in [1.165, 1.54) is 0 Å². The molecule has 0 atom stereocenters. The number of rotatable bonds is 7. The van der Waals surface area contributed by atoms with Crippen molar-refractivity contribution < 1.29 is 14.3 Å². The first-order valence-corrected chi connectivity index (χ1v) is 9.04. The van der Waals surface area contributed by atoms with E-state index in [-0.39, 0.29) is 11.8 Å². The second-order valence-corrected chi connectivity index (χ2v) is 6.58. The van der Waals surface area contributed by atoms with E-state index in [0.717, 1.165) is 29.7 Å². The summed E-state index contributed by atoms with van der Waals surface area (Å²) in [6, 6.07) is 15.3. The Balaban J connectivity index is 1.66. The van der Waals surface area contributed by atoms with Gasteiger partial charge in [-0.1, -0.05) is 24.3 Å². The number of hydrogen-bond donors (Lipinski definition) is 1. The van der Waals surface area contributed by atoms with Gasteiger partial charge in [0.2, 0.25) is 5.91 Å². The van der Waals surface area contributed by atoms with Crippen LogP contribution < -0.4 is 10.1 Å². The summed E-state index contributed by atoms with van der Waals surface area (Å²) < 4.78 is 5.18. The Morgan fingerprint density at radius 3 is 2.33 bits per heavy atom. The van der Waals surface area contributed by atoms with E-state index in [1.54, 1.807) is 38.4 Å². The summed E-state index contributed by atoms with van der Waals surface area (Å²) in [5.41, 5.74) is 2.57. The average molecular weight is 364 g/mol. The molecule has 3 rings (SSSR count). The quantitative estimate of drug-likeness (QED) is 0.767. The van der Waals surface area contributed by atoms with E-state index in [0.29, 0.717) is 18.2 Å². The third-order valence-corrected chi connectivity index (χ3v) is 4.60. The Morgan fingerprint density at radius 1 is 1.11 bits per heavy atom. The molecule has 5 heteroatoms. The number of carbonyl (C=O) groups excluding carboxylic acids is 2. The third kappa shape index (κ3) is 4.97. The monoisotopic (exact) mass is 364 g/mol. The van der Waals surface area contributed by atoms with Gasteiger partial charge in [0.1, 0.15) is 5.75 Å². The first-order chi connectivity index (χ1) is 13.1. The molecule has 1 aliphatic carbocycles. The maximum atomic E-state index is 12.7. The molecule has 1 saturated carbocycles. The van der Waals surface area contributed by atoms with Crippen LogP contribution in [0, 0.1) is 0 Å². The predicted octanol–water partition coefficient (Wildman–Crippen LogP) is 3.26. The highest BCUT2D eigenvalue weighted by atomic mass is 16.5. The van der Waals surface area contributed by atoms with Gasteiger partial charge in [-0.3, -0.25) is 9.59 Å². The molecule has 0 heterocycles. The lowest BCUT2D eigenvalue weighted by molar-refractivity contribution is -0.127. The molecule has 0 aliphatic heterocycles. The molecule has 1 aliphatic rings. The number of methoxy groups -OCH3 is 1. The Bertz CT molecular complexity index is 822. The lowest BCUT2D eigenvalue weighted by atomic mass is 10.1. The number of ether oxygens (including phenoxy) is 1. The average Bonchev–Trinajstić information content (AvgIpc) is 3.55. The summed E-state index contributed by atoms with van der Waals surface area (Å²) in [5, 5.41) is 2.59. The number of nitrogens with one attached hydrogen (secondary N) is 1. The molecule has 0 unspecified atom stereocenters. The molecule has 0 aromatic heterocycles. The van der Waals surface area contributed by atoms with Crippen molar-refractivity contribution in [3.8, 4) is 5.75 Å². The maximum Gasteiger partial charge on any atom is 0.251 e. The van der Waals surface area contributed by atoms with Gasteiger partial charge >= 0.3 is 0 Å². The first-order valence-electron chi connectivity index (χ1n) is 9.04. The molecule has 5 nitrogen and oxygen atoms in total. The molecule has 0 radical (unpaired) electrons. The fourth-order valence-electron chi connectivity index (χ4n) is 2.85. The highest BCUT2D eigenvalue weighted by Gasteiger charge is 2.31. The van der Waals surface area contributed by atoms with Gasteiger partial charge in [0.25, 0.3) is 5.91 Å². The van der Waals surface area contributed by atoms with Crippen molar-refractivity contribution in [3.05, 3.63) is 71.3 Å². The van der Waals surface area contributed by atoms with E-state index in [9.17, 15) is 9.59 Å². The number of amides is 2. The van der Waals surface area contributed by atoms with Gasteiger partial charge in [-0.15, -0.1) is 0 Å². The van der Waals surface area contributed by atoms with Crippen LogP contribution in [0.4, 0.5) is 0 Å². The summed E-state index contributed by atoms with van der Waals surface area (Å²) in [6.45, 7) is 0.591. The fraction of sp³-hybridized carbons (Fsp3) is 0.273. The Hall–Kier alpha value is -3.08. The van der Waals surface area contributed by atoms with Crippen molar-refractivity contribution in [1.29, 1.82) is 0 Å². The van der Waals surface area contributed by atoms with Gasteiger partial charge < -0.3 is 15.0 Å². The van der Waals surface area contributed by atoms with Gasteiger partial charge in [-0.2, -0.15) is 0 Å². The summed E-state index contributed by atoms with van der Waals surface area (Å²) in [5.74, 6) is 0.688. The minimum absolute atomic E-state index is 0.00342. The molecule has 0 bridgehead atoms. The molecular weight excluding hydrogens is 340 g/mol. The lowest BCUT2D eigenvalue weighted by Crippen LogP contribution is -2.31. The van der Waals surface area contributed by atoms with Crippen molar-refractivity contribution in [3.63, 3.8) is 0 Å². The van der Waals surface area contributed by atoms with E-state index in [2.05, 4.69) is 5.32 Å². The van der Waals surface area contributed by atoms with Crippen LogP contribution in [-0.4, -0.2) is 36.9 Å². The van der Waals surface area contributed by atoms with Crippen LogP contribution in [0.5, 0.6) is 5.75 Å². The zero-order valence-electron chi connectivity index (χ0n) is 15.6. The molecule has 0 spiro atoms. The molecule has 2 amide bonds. The summed E-state index contributed by atoms with van der Waals surface area (Å²) >= 11 is 0. The first kappa shape index (κ1) is 18.7. The Kier molecular flexibility index (Phi) is 5.91. The molecule has 1 fully saturated rings. The number of carbonyl (C=O) groups is 2. The van der Waals surface area contributed by atoms with Crippen molar-refractivity contribution in [1.82, 2.24) is 10.2 Å². The van der Waals surface area contributed by atoms with E-state index in [1.807, 2.05) is 41.3 Å². The molecule has 0 saturated heterocycles. The summed E-state index contributed by atoms with van der Waals surface area (Å²) in [7, 11) is 3.24. The predicted molar refractivity (Wildman–Crippen MR) is 105 cm³/mol. The molecule has 140 valence electrons. The Labute approximate surface area is 159 Å². The topological polar surface area (TPSA) is 58.6 Å². The highest BCUT2D eigenvalue weighted by Crippen LogP contribution is 2.29. The molecule has 27 heavy (non-hydrogen) atoms. The second-order valence-electron chi connectivity index (χ2n) is 6.58. The molecular formula is C22H24N2O3. The minimum Gasteiger partial charge on any atom is -0.497 e. The standard InChI is InChI=1S/C22H24N2O3/c1-23-22(26)18-8-3-16(4-9-18)7-14-21(25)24(19-10-11-19)15-17-5-12-20(27-2)13-6-17/h3-9,12-14,19H,10-11,15H2,1-2H3,(H,23,26)/b14-7+. The van der Waals surface area contributed by atoms with Gasteiger partial charge in [0.15, 0.2) is 0 Å². The zero-order chi connectivity index (χ0) is 19.2. The van der Waals surface area contributed by atoms with Crippen LogP contribution in [-0.2, 0) is 11.3 Å². The van der Waals surface area contributed by atoms with E-state index >= 15 is 0 Å². The summed E-state index contributed by atoms with van der Waals surface area (Å²) in [4.78, 5) is 26.2. The SMILES string of the molecule is CNC(=O)c1ccc(/C=C/C(=O)N(Cc2ccc(OC)cc2)C2CC2)cc1. The van der Waals surface area contributed by atoms with Crippen molar-refractivity contribution in [2.75, 3.05) is 14.2 Å². The van der Waals surface area contributed by atoms with Gasteiger partial charge in [0.05, 0.1) is 7.11 Å². The van der Waals surface area contributed by atoms with Crippen LogP contribution in [0.25, 0.3) is 6.08 Å². The number of hydrogen-bond acceptors (Lipinski definition) is 3. The van der Waals surface area contributed by atoms with Gasteiger partial charge in [-0.25, -0.2) is 0 Å². The smallest absolute Gasteiger partial charge is 0.251 e. The van der Waals surface area contributed by atoms with Gasteiger partial charge in [-0.05, 0) is 54.3 Å². The summed E-state index contributed by atoms with van der Waals surface area (Å²) in [6.07, 6.45) is 5.50. The van der Waals surface area contributed by atoms with Crippen LogP contribution in [0.1, 0.15) is 34.3 Å². The van der Waals surface area contributed by atoms with E-state index < -0.39 is 0 Å². The van der Waals surface area contributed by atoms with Crippen LogP contribution in [0.3, 0.4) is 0 Å². The van der Waals surface area contributed by atoms with Crippen LogP contribution in [0.15, 0.2) is 54.6 Å². The van der Waals surface area contributed by atoms with Crippen molar-refractivity contribution >= 4 is 17.9 Å². The molecule has 2 aromatic rings. The molecule has 2 aromatic carbocycles. The van der Waals surface area contributed by atoms with Crippen LogP contribution in [0.2, 0.25) is 0 Å². The fourth-order valence-corrected chi connectivity index (χ4v) is 2.85. The number of benzene rings is 2. The largest absolute Gasteiger partial charge is 0.497 e. The second kappa shape index (κ2) is 8.54. The van der Waals surface area contributed by atoms with Gasteiger partial charge in [0, 0.05) is 31.3 Å². The molecule has 1 N–H and O–H groups in total. The highest BCUT2D eigenvalue weighted by molar-refractivity contribution is 5.95. The van der Waals surface area contributed by atoms with E-state index in [4.69, 9.17) is 4.74 Å². The zero-order valence-corrected chi connectivity index (χ0v) is 15.6. The van der Waals surface area contributed by atoms with Crippen LogP contribution >= 0.6 is 0 Å². The third-order valence-electron chi connectivity index (χ3n) is 4.60. The normalized spacial score (nSPS) is 13.4.